The molecule has 0 spiro atoms. The molecule has 1 aliphatic rings. The van der Waals surface area contributed by atoms with E-state index in [1.807, 2.05) is 32.9 Å². The lowest BCUT2D eigenvalue weighted by Crippen LogP contribution is -2.57. The molecule has 1 saturated heterocycles. The second-order valence-corrected chi connectivity index (χ2v) is 18.6. The summed E-state index contributed by atoms with van der Waals surface area (Å²) in [5, 5.41) is 46.4. The van der Waals surface area contributed by atoms with Crippen molar-refractivity contribution in [2.45, 2.75) is 76.7 Å². The number of carbonyl (C=O) groups excluding carboxylic acids is 3. The van der Waals surface area contributed by atoms with E-state index in [2.05, 4.69) is 16.0 Å². The molecule has 1 heterocycles. The van der Waals surface area contributed by atoms with Gasteiger partial charge < -0.3 is 112 Å². The largest absolute Gasteiger partial charge is 0.484 e. The zero-order valence-corrected chi connectivity index (χ0v) is 47.4. The van der Waals surface area contributed by atoms with Crippen LogP contribution in [0.25, 0.3) is 0 Å². The van der Waals surface area contributed by atoms with Crippen LogP contribution in [-0.2, 0) is 90.9 Å². The first-order chi connectivity index (χ1) is 38.7. The number of aliphatic carboxylic acids is 1. The molecule has 80 heavy (non-hydrogen) atoms. The SMILES string of the molecule is C[C@@H]1O[C@@H](OCCOCCNC(=O)CCOCCOCCOCCOCCNC(=O)COc2cc(C(=O)NCCOCCOCCOCCOCCOCCOCCOCCOCCC(=O)O)cc(C(C)(C)C)c2)[C@H](O)[C@H](O)[C@H]1O. The third-order valence-corrected chi connectivity index (χ3v) is 11.0. The Morgan fingerprint density at radius 2 is 0.838 bits per heavy atom. The molecule has 1 fully saturated rings. The van der Waals surface area contributed by atoms with Gasteiger partial charge in [0, 0.05) is 31.6 Å². The van der Waals surface area contributed by atoms with Gasteiger partial charge in [-0.15, -0.1) is 0 Å². The summed E-state index contributed by atoms with van der Waals surface area (Å²) < 4.78 is 87.4. The Kier molecular flexibility index (Phi) is 43.1. The first-order valence-electron chi connectivity index (χ1n) is 27.3. The van der Waals surface area contributed by atoms with Crippen LogP contribution < -0.4 is 20.7 Å². The van der Waals surface area contributed by atoms with Crippen molar-refractivity contribution in [3.63, 3.8) is 0 Å². The van der Waals surface area contributed by atoms with Gasteiger partial charge in [-0.25, -0.2) is 0 Å². The molecule has 464 valence electrons. The van der Waals surface area contributed by atoms with Gasteiger partial charge in [0.1, 0.15) is 24.1 Å². The number of carboxylic acids is 1. The fraction of sp³-hybridized carbons (Fsp3) is 0.811. The summed E-state index contributed by atoms with van der Waals surface area (Å²) in [5.74, 6) is -1.33. The van der Waals surface area contributed by atoms with Crippen molar-refractivity contribution in [3.8, 4) is 5.75 Å². The van der Waals surface area contributed by atoms with E-state index in [9.17, 15) is 34.5 Å². The highest BCUT2D eigenvalue weighted by Crippen LogP contribution is 2.28. The number of hydrogen-bond donors (Lipinski definition) is 7. The lowest BCUT2D eigenvalue weighted by molar-refractivity contribution is -0.294. The molecule has 0 bridgehead atoms. The molecule has 0 radical (unpaired) electrons. The molecule has 2 rings (SSSR count). The Morgan fingerprint density at radius 1 is 0.463 bits per heavy atom. The van der Waals surface area contributed by atoms with Crippen LogP contribution in [0.4, 0.5) is 0 Å². The molecule has 0 aromatic heterocycles. The number of benzene rings is 1. The summed E-state index contributed by atoms with van der Waals surface area (Å²) in [6, 6.07) is 5.23. The molecule has 1 aliphatic heterocycles. The van der Waals surface area contributed by atoms with Gasteiger partial charge in [-0.05, 0) is 36.1 Å². The average Bonchev–Trinajstić information content (AvgIpc) is 3.45. The van der Waals surface area contributed by atoms with E-state index in [0.29, 0.717) is 157 Å². The van der Waals surface area contributed by atoms with Crippen LogP contribution in [0.3, 0.4) is 0 Å². The van der Waals surface area contributed by atoms with Crippen LogP contribution in [0.2, 0.25) is 0 Å². The monoisotopic (exact) mass is 1160 g/mol. The number of aliphatic hydroxyl groups excluding tert-OH is 3. The summed E-state index contributed by atoms with van der Waals surface area (Å²) >= 11 is 0. The molecule has 3 amide bonds. The fourth-order valence-corrected chi connectivity index (χ4v) is 6.60. The second kappa shape index (κ2) is 47.6. The molecule has 5 atom stereocenters. The van der Waals surface area contributed by atoms with Crippen LogP contribution in [0.15, 0.2) is 18.2 Å². The summed E-state index contributed by atoms with van der Waals surface area (Å²) in [7, 11) is 0. The van der Waals surface area contributed by atoms with E-state index in [-0.39, 0.29) is 95.3 Å². The van der Waals surface area contributed by atoms with Gasteiger partial charge >= 0.3 is 5.97 Å². The normalized spacial score (nSPS) is 17.4. The third-order valence-electron chi connectivity index (χ3n) is 11.0. The van der Waals surface area contributed by atoms with Gasteiger partial charge in [0.25, 0.3) is 11.8 Å². The molecule has 1 aromatic rings. The zero-order valence-electron chi connectivity index (χ0n) is 47.4. The average molecular weight is 1160 g/mol. The number of amides is 3. The molecule has 0 aliphatic carbocycles. The summed E-state index contributed by atoms with van der Waals surface area (Å²) in [4.78, 5) is 48.0. The predicted molar refractivity (Wildman–Crippen MR) is 285 cm³/mol. The maximum Gasteiger partial charge on any atom is 0.305 e. The van der Waals surface area contributed by atoms with Gasteiger partial charge in [0.2, 0.25) is 5.91 Å². The van der Waals surface area contributed by atoms with Crippen molar-refractivity contribution in [1.82, 2.24) is 16.0 Å². The molecule has 0 saturated carbocycles. The lowest BCUT2D eigenvalue weighted by atomic mass is 9.86. The topological polar surface area (TPSA) is 333 Å². The fourth-order valence-electron chi connectivity index (χ4n) is 6.60. The van der Waals surface area contributed by atoms with Gasteiger partial charge in [-0.2, -0.15) is 0 Å². The van der Waals surface area contributed by atoms with Crippen LogP contribution >= 0.6 is 0 Å². The highest BCUT2D eigenvalue weighted by molar-refractivity contribution is 5.95. The molecule has 7 N–H and O–H groups in total. The van der Waals surface area contributed by atoms with E-state index in [0.717, 1.165) is 5.56 Å². The first kappa shape index (κ1) is 72.3. The molecule has 1 aromatic carbocycles. The Bertz CT molecular complexity index is 1730. The van der Waals surface area contributed by atoms with Crippen molar-refractivity contribution in [1.29, 1.82) is 0 Å². The van der Waals surface area contributed by atoms with Gasteiger partial charge in [-0.3, -0.25) is 19.2 Å². The first-order valence-corrected chi connectivity index (χ1v) is 27.3. The van der Waals surface area contributed by atoms with Crippen LogP contribution in [0.5, 0.6) is 5.75 Å². The van der Waals surface area contributed by atoms with Gasteiger partial charge in [-0.1, -0.05) is 20.8 Å². The van der Waals surface area contributed by atoms with E-state index < -0.39 is 36.7 Å². The predicted octanol–water partition coefficient (Wildman–Crippen LogP) is -0.750. The van der Waals surface area contributed by atoms with Crippen molar-refractivity contribution in [2.75, 3.05) is 205 Å². The number of rotatable bonds is 53. The second-order valence-electron chi connectivity index (χ2n) is 18.6. The van der Waals surface area contributed by atoms with Crippen LogP contribution in [0, 0.1) is 0 Å². The van der Waals surface area contributed by atoms with Crippen LogP contribution in [-0.4, -0.2) is 279 Å². The zero-order chi connectivity index (χ0) is 58.3. The number of carboxylic acid groups (broad SMARTS) is 1. The minimum absolute atomic E-state index is 0.0235. The lowest BCUT2D eigenvalue weighted by Gasteiger charge is -2.38. The molecular weight excluding hydrogens is 1060 g/mol. The Balaban J connectivity index is 1.37. The standard InChI is InChI=1S/C53H93N3O24/c1-41-48(61)49(62)50(63)52(80-41)78-36-35-69-12-7-54-45(57)5-10-65-15-19-70-23-25-72-21-17-67-13-8-55-46(58)40-79-44-38-42(37-43(39-44)53(2,3)4)51(64)56-9-14-68-18-22-73-26-28-75-30-32-77-34-33-76-31-29-74-27-24-71-20-16-66-11-6-47(59)60/h37-39,41,48-50,52,61-63H,5-36,40H2,1-4H3,(H,54,57)(H,55,58)(H,56,64)(H,59,60)/t41-,48-,49+,50+,52+/m0/s1. The quantitative estimate of drug-likeness (QED) is 0.0395. The molecule has 27 nitrogen and oxygen atoms in total. The summed E-state index contributed by atoms with van der Waals surface area (Å²) in [6.07, 6.45) is -5.55. The minimum Gasteiger partial charge on any atom is -0.484 e. The number of hydrogen-bond acceptors (Lipinski definition) is 23. The van der Waals surface area contributed by atoms with Crippen LogP contribution in [0.1, 0.15) is 56.5 Å². The van der Waals surface area contributed by atoms with Crippen molar-refractivity contribution in [3.05, 3.63) is 29.3 Å². The highest BCUT2D eigenvalue weighted by Gasteiger charge is 2.42. The number of ether oxygens (including phenoxy) is 16. The Hall–Kier alpha value is -3.82. The van der Waals surface area contributed by atoms with E-state index in [1.54, 1.807) is 13.0 Å². The van der Waals surface area contributed by atoms with Crippen molar-refractivity contribution < 1.29 is 115 Å². The third kappa shape index (κ3) is 38.8. The summed E-state index contributed by atoms with van der Waals surface area (Å²) in [6.45, 7) is 17.5. The summed E-state index contributed by atoms with van der Waals surface area (Å²) in [5.41, 5.74) is 0.979. The maximum atomic E-state index is 13.1. The minimum atomic E-state index is -1.38. The molecular formula is C53H93N3O24. The maximum absolute atomic E-state index is 13.1. The molecule has 0 unspecified atom stereocenters. The Morgan fingerprint density at radius 3 is 1.26 bits per heavy atom. The van der Waals surface area contributed by atoms with E-state index in [1.165, 1.54) is 0 Å². The van der Waals surface area contributed by atoms with E-state index in [4.69, 9.17) is 80.9 Å². The van der Waals surface area contributed by atoms with Crippen molar-refractivity contribution >= 4 is 23.7 Å². The van der Waals surface area contributed by atoms with E-state index >= 15 is 0 Å². The van der Waals surface area contributed by atoms with Gasteiger partial charge in [0.15, 0.2) is 12.9 Å². The highest BCUT2D eigenvalue weighted by atomic mass is 16.7. The van der Waals surface area contributed by atoms with Gasteiger partial charge in [0.05, 0.1) is 191 Å². The number of carbonyl (C=O) groups is 4. The number of aliphatic hydroxyl groups is 3. The smallest absolute Gasteiger partial charge is 0.305 e. The Labute approximate surface area is 470 Å². The molecule has 27 heteroatoms. The number of nitrogens with one attached hydrogen (secondary N) is 3. The van der Waals surface area contributed by atoms with Crippen molar-refractivity contribution in [2.24, 2.45) is 0 Å².